The van der Waals surface area contributed by atoms with Crippen molar-refractivity contribution in [1.82, 2.24) is 15.5 Å². The third-order valence-corrected chi connectivity index (χ3v) is 5.67. The molecule has 0 spiro atoms. The summed E-state index contributed by atoms with van der Waals surface area (Å²) in [5, 5.41) is 5.45. The highest BCUT2D eigenvalue weighted by molar-refractivity contribution is 5.91. The molecule has 1 aliphatic rings. The molecule has 1 heterocycles. The summed E-state index contributed by atoms with van der Waals surface area (Å²) in [6.45, 7) is 4.39. The maximum atomic E-state index is 12.9. The highest BCUT2D eigenvalue weighted by atomic mass is 16.5. The van der Waals surface area contributed by atoms with Gasteiger partial charge in [-0.3, -0.25) is 14.5 Å². The van der Waals surface area contributed by atoms with Crippen molar-refractivity contribution in [3.63, 3.8) is 0 Å². The Hall–Kier alpha value is -3.43. The van der Waals surface area contributed by atoms with Crippen molar-refractivity contribution in [3.05, 3.63) is 65.7 Å². The Kier molecular flexibility index (Phi) is 10.1. The molecule has 2 aromatic carbocycles. The second kappa shape index (κ2) is 13.5. The number of rotatable bonds is 11. The van der Waals surface area contributed by atoms with Crippen LogP contribution in [0.5, 0.6) is 5.75 Å². The monoisotopic (exact) mass is 483 g/mol. The Morgan fingerprint density at radius 1 is 0.971 bits per heavy atom. The predicted octanol–water partition coefficient (Wildman–Crippen LogP) is 1.30. The molecular weight excluding hydrogens is 450 g/mol. The molecule has 3 rings (SSSR count). The third-order valence-electron chi connectivity index (χ3n) is 5.67. The average Bonchev–Trinajstić information content (AvgIpc) is 2.88. The van der Waals surface area contributed by atoms with Crippen molar-refractivity contribution in [1.29, 1.82) is 0 Å². The zero-order chi connectivity index (χ0) is 25.0. The number of nitrogens with zero attached hydrogens (tertiary/aromatic N) is 1. The van der Waals surface area contributed by atoms with Gasteiger partial charge in [0.15, 0.2) is 0 Å². The largest absolute Gasteiger partial charge is 0.497 e. The van der Waals surface area contributed by atoms with Gasteiger partial charge in [-0.15, -0.1) is 0 Å². The fourth-order valence-electron chi connectivity index (χ4n) is 3.63. The van der Waals surface area contributed by atoms with Crippen molar-refractivity contribution in [2.75, 3.05) is 40.0 Å². The topological polar surface area (TPSA) is 106 Å². The molecule has 1 aliphatic heterocycles. The van der Waals surface area contributed by atoms with E-state index in [1.54, 1.807) is 26.2 Å². The van der Waals surface area contributed by atoms with Crippen LogP contribution in [0.15, 0.2) is 54.6 Å². The maximum Gasteiger partial charge on any atom is 0.329 e. The summed E-state index contributed by atoms with van der Waals surface area (Å²) in [7, 11) is 1.58. The van der Waals surface area contributed by atoms with E-state index < -0.39 is 24.0 Å². The van der Waals surface area contributed by atoms with E-state index in [4.69, 9.17) is 14.2 Å². The molecule has 2 atom stereocenters. The lowest BCUT2D eigenvalue weighted by molar-refractivity contribution is -0.149. The summed E-state index contributed by atoms with van der Waals surface area (Å²) >= 11 is 0. The van der Waals surface area contributed by atoms with Gasteiger partial charge in [0.1, 0.15) is 24.4 Å². The number of hydrogen-bond donors (Lipinski definition) is 2. The Balaban J connectivity index is 1.60. The molecule has 1 saturated heterocycles. The molecule has 188 valence electrons. The molecule has 0 saturated carbocycles. The van der Waals surface area contributed by atoms with Crippen LogP contribution < -0.4 is 15.4 Å². The summed E-state index contributed by atoms with van der Waals surface area (Å²) in [4.78, 5) is 40.1. The van der Waals surface area contributed by atoms with Crippen LogP contribution in [0.3, 0.4) is 0 Å². The van der Waals surface area contributed by atoms with Gasteiger partial charge in [-0.1, -0.05) is 42.5 Å². The standard InChI is InChI=1S/C26H33N3O6/c1-19(27-24(30)17-29-12-14-34-15-13-29)25(31)28-23(16-20-8-10-22(33-2)11-9-20)26(32)35-18-21-6-4-3-5-7-21/h3-11,19,23H,12-18H2,1-2H3,(H,27,30)(H,28,31)/t19-,23+/m1/s1. The number of morpholine rings is 1. The number of esters is 1. The van der Waals surface area contributed by atoms with E-state index in [1.165, 1.54) is 0 Å². The number of carbonyl (C=O) groups excluding carboxylic acids is 3. The van der Waals surface area contributed by atoms with Crippen LogP contribution in [0.1, 0.15) is 18.1 Å². The maximum absolute atomic E-state index is 12.9. The van der Waals surface area contributed by atoms with Gasteiger partial charge in [-0.25, -0.2) is 4.79 Å². The molecule has 2 aromatic rings. The third kappa shape index (κ3) is 8.70. The molecule has 0 aliphatic carbocycles. The van der Waals surface area contributed by atoms with Gasteiger partial charge in [0.25, 0.3) is 0 Å². The molecule has 0 bridgehead atoms. The molecule has 9 heteroatoms. The summed E-state index contributed by atoms with van der Waals surface area (Å²) < 4.78 is 16.0. The number of hydrogen-bond acceptors (Lipinski definition) is 7. The van der Waals surface area contributed by atoms with Crippen molar-refractivity contribution >= 4 is 17.8 Å². The van der Waals surface area contributed by atoms with Crippen molar-refractivity contribution in [2.24, 2.45) is 0 Å². The van der Waals surface area contributed by atoms with Crippen molar-refractivity contribution in [2.45, 2.75) is 32.0 Å². The first-order chi connectivity index (χ1) is 16.9. The van der Waals surface area contributed by atoms with E-state index in [0.29, 0.717) is 32.1 Å². The lowest BCUT2D eigenvalue weighted by Crippen LogP contribution is -2.53. The van der Waals surface area contributed by atoms with E-state index in [-0.39, 0.29) is 25.5 Å². The van der Waals surface area contributed by atoms with E-state index in [1.807, 2.05) is 47.4 Å². The van der Waals surface area contributed by atoms with Gasteiger partial charge < -0.3 is 24.8 Å². The summed E-state index contributed by atoms with van der Waals surface area (Å²) in [6, 6.07) is 14.8. The smallest absolute Gasteiger partial charge is 0.329 e. The SMILES string of the molecule is COc1ccc(C[C@H](NC(=O)[C@@H](C)NC(=O)CN2CCOCC2)C(=O)OCc2ccccc2)cc1. The van der Waals surface area contributed by atoms with Crippen LogP contribution in [0, 0.1) is 0 Å². The molecule has 1 fully saturated rings. The predicted molar refractivity (Wildman–Crippen MR) is 130 cm³/mol. The zero-order valence-electron chi connectivity index (χ0n) is 20.2. The normalized spacial score (nSPS) is 15.5. The number of nitrogens with one attached hydrogen (secondary N) is 2. The van der Waals surface area contributed by atoms with Crippen LogP contribution in [0.4, 0.5) is 0 Å². The van der Waals surface area contributed by atoms with Crippen LogP contribution in [-0.4, -0.2) is 74.7 Å². The van der Waals surface area contributed by atoms with Crippen LogP contribution in [0.2, 0.25) is 0 Å². The van der Waals surface area contributed by atoms with Gasteiger partial charge in [0, 0.05) is 19.5 Å². The highest BCUT2D eigenvalue weighted by Gasteiger charge is 2.26. The number of carbonyl (C=O) groups is 3. The minimum atomic E-state index is -0.918. The van der Waals surface area contributed by atoms with E-state index in [0.717, 1.165) is 11.1 Å². The first kappa shape index (κ1) is 26.2. The fraction of sp³-hybridized carbons (Fsp3) is 0.423. The Labute approximate surface area is 205 Å². The first-order valence-corrected chi connectivity index (χ1v) is 11.7. The average molecular weight is 484 g/mol. The lowest BCUT2D eigenvalue weighted by Gasteiger charge is -2.26. The molecule has 9 nitrogen and oxygen atoms in total. The molecule has 2 amide bonds. The Morgan fingerprint density at radius 3 is 2.31 bits per heavy atom. The number of ether oxygens (including phenoxy) is 3. The number of amides is 2. The molecule has 0 radical (unpaired) electrons. The summed E-state index contributed by atoms with van der Waals surface area (Å²) in [5.41, 5.74) is 1.68. The zero-order valence-corrected chi connectivity index (χ0v) is 20.2. The van der Waals surface area contributed by atoms with E-state index >= 15 is 0 Å². The summed E-state index contributed by atoms with van der Waals surface area (Å²) in [6.07, 6.45) is 0.234. The van der Waals surface area contributed by atoms with Gasteiger partial charge in [0.2, 0.25) is 11.8 Å². The lowest BCUT2D eigenvalue weighted by atomic mass is 10.1. The van der Waals surface area contributed by atoms with Gasteiger partial charge in [-0.05, 0) is 30.2 Å². The minimum absolute atomic E-state index is 0.0977. The number of methoxy groups -OCH3 is 1. The first-order valence-electron chi connectivity index (χ1n) is 11.7. The van der Waals surface area contributed by atoms with Crippen molar-refractivity contribution < 1.29 is 28.6 Å². The molecule has 0 aromatic heterocycles. The minimum Gasteiger partial charge on any atom is -0.497 e. The van der Waals surface area contributed by atoms with Gasteiger partial charge in [-0.2, -0.15) is 0 Å². The van der Waals surface area contributed by atoms with Crippen LogP contribution in [0.25, 0.3) is 0 Å². The second-order valence-corrected chi connectivity index (χ2v) is 8.38. The van der Waals surface area contributed by atoms with Gasteiger partial charge >= 0.3 is 5.97 Å². The quantitative estimate of drug-likeness (QED) is 0.464. The number of benzene rings is 2. The van der Waals surface area contributed by atoms with Gasteiger partial charge in [0.05, 0.1) is 26.9 Å². The Bertz CT molecular complexity index is 961. The van der Waals surface area contributed by atoms with Crippen LogP contribution >= 0.6 is 0 Å². The van der Waals surface area contributed by atoms with Crippen LogP contribution in [-0.2, 0) is 36.9 Å². The molecule has 35 heavy (non-hydrogen) atoms. The second-order valence-electron chi connectivity index (χ2n) is 8.38. The summed E-state index contributed by atoms with van der Waals surface area (Å²) in [5.74, 6) is -0.578. The van der Waals surface area contributed by atoms with E-state index in [9.17, 15) is 14.4 Å². The molecule has 2 N–H and O–H groups in total. The fourth-order valence-corrected chi connectivity index (χ4v) is 3.63. The molecular formula is C26H33N3O6. The Morgan fingerprint density at radius 2 is 1.66 bits per heavy atom. The molecule has 0 unspecified atom stereocenters. The van der Waals surface area contributed by atoms with E-state index in [2.05, 4.69) is 10.6 Å². The highest BCUT2D eigenvalue weighted by Crippen LogP contribution is 2.14. The van der Waals surface area contributed by atoms with Crippen molar-refractivity contribution in [3.8, 4) is 5.75 Å².